The van der Waals surface area contributed by atoms with Crippen LogP contribution in [0, 0.1) is 13.8 Å². The number of rotatable bonds is 22. The zero-order chi connectivity index (χ0) is 42.7. The topological polar surface area (TPSA) is 3.24 Å². The first-order valence-corrected chi connectivity index (χ1v) is 24.3. The predicted octanol–water partition coefficient (Wildman–Crippen LogP) is 18.3. The molecule has 61 heavy (non-hydrogen) atoms. The highest BCUT2D eigenvalue weighted by Crippen LogP contribution is 2.55. The van der Waals surface area contributed by atoms with E-state index in [0.717, 1.165) is 0 Å². The molecule has 0 saturated carbocycles. The van der Waals surface area contributed by atoms with E-state index in [2.05, 4.69) is 186 Å². The molecule has 6 aromatic rings. The van der Waals surface area contributed by atoms with Gasteiger partial charge in [-0.05, 0) is 120 Å². The summed E-state index contributed by atoms with van der Waals surface area (Å²) in [7, 11) is 0. The molecule has 7 rings (SSSR count). The molecular formula is C60H73N. The summed E-state index contributed by atoms with van der Waals surface area (Å²) in [6.45, 7) is 13.7. The lowest BCUT2D eigenvalue weighted by molar-refractivity contribution is 0.401. The van der Waals surface area contributed by atoms with Crippen molar-refractivity contribution in [2.45, 2.75) is 155 Å². The molecular weight excluding hydrogens is 735 g/mol. The molecule has 0 unspecified atom stereocenters. The minimum Gasteiger partial charge on any atom is -0.310 e. The number of nitrogens with zero attached hydrogens (tertiary/aromatic N) is 1. The van der Waals surface area contributed by atoms with Gasteiger partial charge in [0.15, 0.2) is 0 Å². The maximum absolute atomic E-state index is 2.58. The van der Waals surface area contributed by atoms with Crippen LogP contribution in [0.25, 0.3) is 22.3 Å². The number of fused-ring (bicyclic) bond motifs is 3. The Hall–Kier alpha value is -4.88. The molecule has 1 nitrogen and oxygen atoms in total. The molecule has 6 aromatic carbocycles. The molecule has 0 saturated heterocycles. The molecule has 318 valence electrons. The lowest BCUT2D eigenvalue weighted by Crippen LogP contribution is -2.28. The van der Waals surface area contributed by atoms with Crippen LogP contribution in [0.4, 0.5) is 17.1 Å². The first kappa shape index (κ1) is 44.2. The van der Waals surface area contributed by atoms with Gasteiger partial charge in [0.1, 0.15) is 0 Å². The van der Waals surface area contributed by atoms with E-state index >= 15 is 0 Å². The molecule has 0 N–H and O–H groups in total. The minimum atomic E-state index is 0.0382. The number of anilines is 3. The highest BCUT2D eigenvalue weighted by molar-refractivity contribution is 5.86. The van der Waals surface area contributed by atoms with E-state index in [4.69, 9.17) is 0 Å². The minimum absolute atomic E-state index is 0.0382. The van der Waals surface area contributed by atoms with Gasteiger partial charge >= 0.3 is 0 Å². The third-order valence-corrected chi connectivity index (χ3v) is 14.1. The van der Waals surface area contributed by atoms with Crippen LogP contribution in [0.5, 0.6) is 0 Å². The van der Waals surface area contributed by atoms with Crippen molar-refractivity contribution in [3.63, 3.8) is 0 Å². The molecule has 0 amide bonds. The molecule has 1 aliphatic carbocycles. The fraction of sp³-hybridized carbons (Fsp3) is 0.400. The molecule has 1 aliphatic rings. The van der Waals surface area contributed by atoms with Gasteiger partial charge in [-0.25, -0.2) is 0 Å². The van der Waals surface area contributed by atoms with Gasteiger partial charge in [-0.1, -0.05) is 219 Å². The van der Waals surface area contributed by atoms with Gasteiger partial charge in [-0.3, -0.25) is 0 Å². The third kappa shape index (κ3) is 9.62. The van der Waals surface area contributed by atoms with Crippen LogP contribution in [0.1, 0.15) is 164 Å². The third-order valence-electron chi connectivity index (χ3n) is 14.1. The van der Waals surface area contributed by atoms with Crippen molar-refractivity contribution in [1.82, 2.24) is 0 Å². The lowest BCUT2D eigenvalue weighted by atomic mass is 9.68. The zero-order valence-electron chi connectivity index (χ0n) is 38.5. The fourth-order valence-corrected chi connectivity index (χ4v) is 10.6. The van der Waals surface area contributed by atoms with Crippen molar-refractivity contribution < 1.29 is 0 Å². The summed E-state index contributed by atoms with van der Waals surface area (Å²) in [5.74, 6) is 0. The van der Waals surface area contributed by atoms with E-state index in [9.17, 15) is 0 Å². The van der Waals surface area contributed by atoms with E-state index < -0.39 is 0 Å². The van der Waals surface area contributed by atoms with Gasteiger partial charge in [0, 0.05) is 27.9 Å². The number of hydrogen-bond acceptors (Lipinski definition) is 1. The number of hydrogen-bond donors (Lipinski definition) is 0. The van der Waals surface area contributed by atoms with Gasteiger partial charge < -0.3 is 4.90 Å². The maximum atomic E-state index is 2.58. The molecule has 0 aromatic heterocycles. The Balaban J connectivity index is 1.26. The average molecular weight is 808 g/mol. The Morgan fingerprint density at radius 1 is 0.410 bits per heavy atom. The summed E-state index contributed by atoms with van der Waals surface area (Å²) < 4.78 is 0. The Labute approximate surface area is 370 Å². The Bertz CT molecular complexity index is 2240. The van der Waals surface area contributed by atoms with Gasteiger partial charge in [0.2, 0.25) is 0 Å². The molecule has 0 aliphatic heterocycles. The first-order valence-electron chi connectivity index (χ1n) is 24.3. The standard InChI is InChI=1S/C60H73N/c1-7-11-15-19-43-60(44-20-16-12-8-2)57-22-18-17-21-55(57)56-40-39-54(45-58(56)60)61(52-35-25-47(6)26-36-52)53-37-29-49(30-38-53)48-27-33-51(34-28-48)59(41-13-9-3,42-14-10-4)50-31-23-46(5)24-32-50/h17-18,21-40,45H,7-16,19-20,41-44H2,1-6H3. The quantitative estimate of drug-likeness (QED) is 0.0618. The summed E-state index contributed by atoms with van der Waals surface area (Å²) >= 11 is 0. The maximum Gasteiger partial charge on any atom is 0.0465 e. The second-order valence-electron chi connectivity index (χ2n) is 18.4. The van der Waals surface area contributed by atoms with Crippen LogP contribution < -0.4 is 4.90 Å². The van der Waals surface area contributed by atoms with Crippen molar-refractivity contribution >= 4 is 17.1 Å². The van der Waals surface area contributed by atoms with Gasteiger partial charge in [-0.15, -0.1) is 0 Å². The van der Waals surface area contributed by atoms with Crippen molar-refractivity contribution in [2.24, 2.45) is 0 Å². The molecule has 0 bridgehead atoms. The van der Waals surface area contributed by atoms with Crippen LogP contribution in [0.2, 0.25) is 0 Å². The number of unbranched alkanes of at least 4 members (excludes halogenated alkanes) is 8. The summed E-state index contributed by atoms with van der Waals surface area (Å²) in [5, 5.41) is 0. The van der Waals surface area contributed by atoms with E-state index in [1.807, 2.05) is 0 Å². The normalized spacial score (nSPS) is 13.0. The molecule has 0 spiro atoms. The largest absolute Gasteiger partial charge is 0.310 e. The molecule has 0 heterocycles. The second kappa shape index (κ2) is 20.8. The summed E-state index contributed by atoms with van der Waals surface area (Å²) in [6.07, 6.45) is 20.0. The Kier molecular flexibility index (Phi) is 15.1. The first-order chi connectivity index (χ1) is 29.9. The van der Waals surface area contributed by atoms with Crippen molar-refractivity contribution in [3.05, 3.63) is 173 Å². The highest BCUT2D eigenvalue weighted by atomic mass is 15.1. The van der Waals surface area contributed by atoms with Crippen molar-refractivity contribution in [1.29, 1.82) is 0 Å². The van der Waals surface area contributed by atoms with E-state index in [0.29, 0.717) is 0 Å². The summed E-state index contributed by atoms with van der Waals surface area (Å²) in [4.78, 5) is 2.49. The van der Waals surface area contributed by atoms with Gasteiger partial charge in [0.25, 0.3) is 0 Å². The van der Waals surface area contributed by atoms with E-state index in [1.54, 1.807) is 5.56 Å². The monoisotopic (exact) mass is 808 g/mol. The molecule has 0 radical (unpaired) electrons. The van der Waals surface area contributed by atoms with Gasteiger partial charge in [-0.2, -0.15) is 0 Å². The number of aryl methyl sites for hydroxylation is 2. The molecule has 1 heteroatoms. The Morgan fingerprint density at radius 2 is 0.852 bits per heavy atom. The van der Waals surface area contributed by atoms with E-state index in [-0.39, 0.29) is 10.8 Å². The summed E-state index contributed by atoms with van der Waals surface area (Å²) in [6, 6.07) is 54.3. The second-order valence-corrected chi connectivity index (χ2v) is 18.4. The number of benzene rings is 6. The van der Waals surface area contributed by atoms with Crippen LogP contribution in [-0.4, -0.2) is 0 Å². The predicted molar refractivity (Wildman–Crippen MR) is 266 cm³/mol. The average Bonchev–Trinajstić information content (AvgIpc) is 3.57. The fourth-order valence-electron chi connectivity index (χ4n) is 10.6. The van der Waals surface area contributed by atoms with Crippen LogP contribution >= 0.6 is 0 Å². The zero-order valence-corrected chi connectivity index (χ0v) is 38.5. The SMILES string of the molecule is CCCCCCC1(CCCCCC)c2ccccc2-c2ccc(N(c3ccc(C)cc3)c3ccc(-c4ccc(C(CCCC)(CCCC)c5ccc(C)cc5)cc4)cc3)cc21. The smallest absolute Gasteiger partial charge is 0.0465 e. The van der Waals surface area contributed by atoms with Crippen LogP contribution in [0.15, 0.2) is 140 Å². The Morgan fingerprint density at radius 3 is 1.39 bits per heavy atom. The van der Waals surface area contributed by atoms with Crippen molar-refractivity contribution in [3.8, 4) is 22.3 Å². The molecule has 0 fully saturated rings. The highest BCUT2D eigenvalue weighted by Gasteiger charge is 2.42. The lowest BCUT2D eigenvalue weighted by Gasteiger charge is -2.36. The van der Waals surface area contributed by atoms with Crippen LogP contribution in [0.3, 0.4) is 0 Å². The summed E-state index contributed by atoms with van der Waals surface area (Å²) in [5.41, 5.74) is 17.7. The van der Waals surface area contributed by atoms with E-state index in [1.165, 1.54) is 170 Å². The van der Waals surface area contributed by atoms with Gasteiger partial charge in [0.05, 0.1) is 0 Å². The van der Waals surface area contributed by atoms with Crippen LogP contribution in [-0.2, 0) is 10.8 Å². The van der Waals surface area contributed by atoms with Crippen molar-refractivity contribution in [2.75, 3.05) is 4.90 Å². The molecule has 0 atom stereocenters.